The molecule has 0 spiro atoms. The summed E-state index contributed by atoms with van der Waals surface area (Å²) in [5.41, 5.74) is 2.58. The molecule has 0 radical (unpaired) electrons. The van der Waals surface area contributed by atoms with Gasteiger partial charge in [-0.05, 0) is 18.9 Å². The van der Waals surface area contributed by atoms with Crippen molar-refractivity contribution in [3.8, 4) is 11.4 Å². The molecule has 0 saturated heterocycles. The average molecular weight is 272 g/mol. The third kappa shape index (κ3) is 2.16. The fourth-order valence-corrected chi connectivity index (χ4v) is 2.06. The van der Waals surface area contributed by atoms with E-state index >= 15 is 0 Å². The predicted octanol–water partition coefficient (Wildman–Crippen LogP) is 1.07. The zero-order valence-corrected chi connectivity index (χ0v) is 11.4. The Morgan fingerprint density at radius 2 is 2.10 bits per heavy atom. The summed E-state index contributed by atoms with van der Waals surface area (Å²) in [6.07, 6.45) is 7.14. The highest BCUT2D eigenvalue weighted by molar-refractivity contribution is 5.71. The second kappa shape index (κ2) is 5.01. The molecule has 1 N–H and O–H groups in total. The number of aryl methyl sites for hydroxylation is 1. The van der Waals surface area contributed by atoms with Crippen LogP contribution in [0.15, 0.2) is 24.9 Å². The van der Waals surface area contributed by atoms with E-state index in [9.17, 15) is 5.11 Å². The first-order valence-corrected chi connectivity index (χ1v) is 6.55. The Hall–Kier alpha value is -2.28. The van der Waals surface area contributed by atoms with E-state index in [1.807, 2.05) is 20.0 Å². The number of hydrogen-bond donors (Lipinski definition) is 1. The fraction of sp³-hybridized carbons (Fsp3) is 0.385. The van der Waals surface area contributed by atoms with Crippen molar-refractivity contribution in [2.75, 3.05) is 0 Å². The van der Waals surface area contributed by atoms with Crippen LogP contribution in [0.3, 0.4) is 0 Å². The van der Waals surface area contributed by atoms with Crippen LogP contribution in [0.25, 0.3) is 17.0 Å². The van der Waals surface area contributed by atoms with Crippen molar-refractivity contribution in [1.82, 2.24) is 29.4 Å². The van der Waals surface area contributed by atoms with Gasteiger partial charge in [0.15, 0.2) is 11.5 Å². The zero-order chi connectivity index (χ0) is 14.1. The van der Waals surface area contributed by atoms with Crippen molar-refractivity contribution in [3.05, 3.63) is 30.5 Å². The number of rotatable bonds is 4. The van der Waals surface area contributed by atoms with Gasteiger partial charge in [-0.1, -0.05) is 6.92 Å². The van der Waals surface area contributed by atoms with E-state index in [0.29, 0.717) is 18.8 Å². The van der Waals surface area contributed by atoms with Crippen LogP contribution in [-0.4, -0.2) is 40.6 Å². The maximum absolute atomic E-state index is 9.78. The molecule has 7 nitrogen and oxygen atoms in total. The summed E-state index contributed by atoms with van der Waals surface area (Å²) in [7, 11) is 0. The lowest BCUT2D eigenvalue weighted by Gasteiger charge is -2.09. The van der Waals surface area contributed by atoms with E-state index < -0.39 is 6.10 Å². The Kier molecular flexibility index (Phi) is 3.19. The van der Waals surface area contributed by atoms with Crippen molar-refractivity contribution in [1.29, 1.82) is 0 Å². The highest BCUT2D eigenvalue weighted by atomic mass is 16.3. The molecule has 0 aliphatic heterocycles. The highest BCUT2D eigenvalue weighted by Crippen LogP contribution is 2.21. The molecule has 0 aliphatic rings. The molecule has 3 rings (SSSR count). The van der Waals surface area contributed by atoms with Crippen LogP contribution in [0.4, 0.5) is 0 Å². The summed E-state index contributed by atoms with van der Waals surface area (Å²) in [4.78, 5) is 8.66. The molecule has 0 amide bonds. The minimum Gasteiger partial charge on any atom is -0.391 e. The molecule has 0 saturated carbocycles. The van der Waals surface area contributed by atoms with E-state index in [2.05, 4.69) is 20.2 Å². The van der Waals surface area contributed by atoms with Crippen molar-refractivity contribution in [2.45, 2.75) is 32.9 Å². The Labute approximate surface area is 115 Å². The maximum Gasteiger partial charge on any atom is 0.166 e. The van der Waals surface area contributed by atoms with Gasteiger partial charge in [0.1, 0.15) is 6.33 Å². The first-order chi connectivity index (χ1) is 9.69. The summed E-state index contributed by atoms with van der Waals surface area (Å²) < 4.78 is 3.41. The van der Waals surface area contributed by atoms with Crippen LogP contribution in [0, 0.1) is 6.92 Å². The molecule has 0 fully saturated rings. The predicted molar refractivity (Wildman–Crippen MR) is 73.0 cm³/mol. The minimum absolute atomic E-state index is 0.412. The van der Waals surface area contributed by atoms with E-state index in [1.165, 1.54) is 6.33 Å². The Morgan fingerprint density at radius 1 is 1.25 bits per heavy atom. The average Bonchev–Trinajstić information content (AvgIpc) is 3.04. The number of nitrogens with zero attached hydrogens (tertiary/aromatic N) is 6. The van der Waals surface area contributed by atoms with E-state index in [0.717, 1.165) is 16.8 Å². The topological polar surface area (TPSA) is 81.1 Å². The zero-order valence-electron chi connectivity index (χ0n) is 11.4. The Morgan fingerprint density at radius 3 is 2.90 bits per heavy atom. The molecule has 104 valence electrons. The van der Waals surface area contributed by atoms with Crippen LogP contribution in [0.5, 0.6) is 0 Å². The molecular formula is C13H16N6O. The lowest BCUT2D eigenvalue weighted by molar-refractivity contribution is 0.146. The SMILES string of the molecule is CCC(O)Cn1ncnc1-c1cnn2cc(C)cnc12. The third-order valence-electron chi connectivity index (χ3n) is 3.20. The van der Waals surface area contributed by atoms with Gasteiger partial charge in [0.2, 0.25) is 0 Å². The molecule has 7 heteroatoms. The molecule has 0 aromatic carbocycles. The summed E-state index contributed by atoms with van der Waals surface area (Å²) in [5, 5.41) is 18.2. The number of fused-ring (bicyclic) bond motifs is 1. The van der Waals surface area contributed by atoms with Gasteiger partial charge in [-0.3, -0.25) is 0 Å². The Balaban J connectivity index is 2.05. The van der Waals surface area contributed by atoms with Crippen LogP contribution >= 0.6 is 0 Å². The molecule has 3 aromatic rings. The summed E-state index contributed by atoms with van der Waals surface area (Å²) in [5.74, 6) is 0.670. The van der Waals surface area contributed by atoms with Crippen molar-refractivity contribution in [2.24, 2.45) is 0 Å². The monoisotopic (exact) mass is 272 g/mol. The van der Waals surface area contributed by atoms with Crippen LogP contribution in [-0.2, 0) is 6.54 Å². The molecule has 3 aromatic heterocycles. The van der Waals surface area contributed by atoms with E-state index in [1.54, 1.807) is 21.6 Å². The first-order valence-electron chi connectivity index (χ1n) is 6.55. The molecule has 20 heavy (non-hydrogen) atoms. The summed E-state index contributed by atoms with van der Waals surface area (Å²) in [6, 6.07) is 0. The minimum atomic E-state index is -0.438. The van der Waals surface area contributed by atoms with Gasteiger partial charge < -0.3 is 5.11 Å². The molecule has 1 unspecified atom stereocenters. The van der Waals surface area contributed by atoms with Gasteiger partial charge in [0, 0.05) is 12.4 Å². The fourth-order valence-electron chi connectivity index (χ4n) is 2.06. The van der Waals surface area contributed by atoms with Crippen molar-refractivity contribution >= 4 is 5.65 Å². The lowest BCUT2D eigenvalue weighted by Crippen LogP contribution is -2.16. The normalized spacial score (nSPS) is 12.9. The van der Waals surface area contributed by atoms with Crippen molar-refractivity contribution < 1.29 is 5.11 Å². The third-order valence-corrected chi connectivity index (χ3v) is 3.20. The number of aliphatic hydroxyl groups is 1. The summed E-state index contributed by atoms with van der Waals surface area (Å²) >= 11 is 0. The maximum atomic E-state index is 9.78. The van der Waals surface area contributed by atoms with Crippen molar-refractivity contribution in [3.63, 3.8) is 0 Å². The number of hydrogen-bond acceptors (Lipinski definition) is 5. The largest absolute Gasteiger partial charge is 0.391 e. The van der Waals surface area contributed by atoms with Gasteiger partial charge in [0.05, 0.1) is 24.4 Å². The van der Waals surface area contributed by atoms with Gasteiger partial charge in [0.25, 0.3) is 0 Å². The molecular weight excluding hydrogens is 256 g/mol. The molecule has 1 atom stereocenters. The van der Waals surface area contributed by atoms with Crippen LogP contribution in [0.1, 0.15) is 18.9 Å². The highest BCUT2D eigenvalue weighted by Gasteiger charge is 2.15. The van der Waals surface area contributed by atoms with Gasteiger partial charge in [-0.25, -0.2) is 19.2 Å². The lowest BCUT2D eigenvalue weighted by atomic mass is 10.2. The number of aromatic nitrogens is 6. The second-order valence-corrected chi connectivity index (χ2v) is 4.79. The van der Waals surface area contributed by atoms with Crippen LogP contribution < -0.4 is 0 Å². The number of aliphatic hydroxyl groups excluding tert-OH is 1. The standard InChI is InChI=1S/C13H16N6O/c1-3-10(20)7-19-13(15-8-17-19)11-5-16-18-6-9(2)4-14-12(11)18/h4-6,8,10,20H,3,7H2,1-2H3. The first kappa shape index (κ1) is 12.7. The van der Waals surface area contributed by atoms with E-state index in [4.69, 9.17) is 0 Å². The molecule has 3 heterocycles. The van der Waals surface area contributed by atoms with Gasteiger partial charge in [-0.2, -0.15) is 10.2 Å². The molecule has 0 bridgehead atoms. The molecule has 0 aliphatic carbocycles. The quantitative estimate of drug-likeness (QED) is 0.768. The van der Waals surface area contributed by atoms with E-state index in [-0.39, 0.29) is 0 Å². The van der Waals surface area contributed by atoms with Crippen LogP contribution in [0.2, 0.25) is 0 Å². The van der Waals surface area contributed by atoms with Gasteiger partial charge >= 0.3 is 0 Å². The second-order valence-electron chi connectivity index (χ2n) is 4.79. The summed E-state index contributed by atoms with van der Waals surface area (Å²) in [6.45, 7) is 4.31. The Bertz CT molecular complexity index is 731. The van der Waals surface area contributed by atoms with Gasteiger partial charge in [-0.15, -0.1) is 0 Å². The smallest absolute Gasteiger partial charge is 0.166 e.